The number of anilines is 2. The van der Waals surface area contributed by atoms with E-state index in [0.717, 1.165) is 13.0 Å². The normalized spacial score (nSPS) is 11.9. The van der Waals surface area contributed by atoms with Gasteiger partial charge in [-0.25, -0.2) is 4.98 Å². The van der Waals surface area contributed by atoms with Crippen LogP contribution in [0.5, 0.6) is 0 Å². The van der Waals surface area contributed by atoms with Gasteiger partial charge in [0.1, 0.15) is 5.82 Å². The minimum absolute atomic E-state index is 0.0370. The van der Waals surface area contributed by atoms with E-state index >= 15 is 0 Å². The molecule has 0 spiro atoms. The van der Waals surface area contributed by atoms with Crippen LogP contribution in [0.3, 0.4) is 0 Å². The Hall–Kier alpha value is -1.89. The van der Waals surface area contributed by atoms with Crippen molar-refractivity contribution >= 4 is 17.3 Å². The van der Waals surface area contributed by atoms with E-state index in [4.69, 9.17) is 4.74 Å². The molecular formula is C12H20N4O3. The van der Waals surface area contributed by atoms with Crippen LogP contribution in [0.1, 0.15) is 20.3 Å². The van der Waals surface area contributed by atoms with Crippen LogP contribution in [0.2, 0.25) is 0 Å². The molecule has 0 bridgehead atoms. The second-order valence-electron chi connectivity index (χ2n) is 4.25. The fourth-order valence-corrected chi connectivity index (χ4v) is 1.58. The first-order valence-corrected chi connectivity index (χ1v) is 6.23. The highest BCUT2D eigenvalue weighted by atomic mass is 16.6. The van der Waals surface area contributed by atoms with Crippen molar-refractivity contribution in [1.82, 2.24) is 4.98 Å². The van der Waals surface area contributed by atoms with Crippen LogP contribution in [-0.4, -0.2) is 36.2 Å². The third kappa shape index (κ3) is 4.70. The van der Waals surface area contributed by atoms with Gasteiger partial charge in [0, 0.05) is 25.8 Å². The third-order valence-electron chi connectivity index (χ3n) is 2.43. The van der Waals surface area contributed by atoms with E-state index in [1.807, 2.05) is 13.8 Å². The zero-order valence-corrected chi connectivity index (χ0v) is 11.5. The Morgan fingerprint density at radius 2 is 2.26 bits per heavy atom. The van der Waals surface area contributed by atoms with Crippen molar-refractivity contribution in [2.45, 2.75) is 26.3 Å². The minimum atomic E-state index is -0.446. The van der Waals surface area contributed by atoms with Crippen LogP contribution >= 0.6 is 0 Å². The molecule has 1 atom stereocenters. The lowest BCUT2D eigenvalue weighted by atomic mass is 10.3. The molecule has 0 saturated heterocycles. The fraction of sp³-hybridized carbons (Fsp3) is 0.583. The van der Waals surface area contributed by atoms with Gasteiger partial charge in [-0.2, -0.15) is 0 Å². The number of aromatic nitrogens is 1. The molecule has 0 aliphatic rings. The average molecular weight is 268 g/mol. The van der Waals surface area contributed by atoms with Crippen LogP contribution in [0.15, 0.2) is 12.1 Å². The summed E-state index contributed by atoms with van der Waals surface area (Å²) < 4.78 is 5.00. The Kier molecular flexibility index (Phi) is 6.01. The van der Waals surface area contributed by atoms with Gasteiger partial charge >= 0.3 is 5.69 Å². The molecule has 2 N–H and O–H groups in total. The van der Waals surface area contributed by atoms with Crippen LogP contribution in [0, 0.1) is 10.1 Å². The highest BCUT2D eigenvalue weighted by molar-refractivity contribution is 5.60. The predicted octanol–water partition coefficient (Wildman–Crippen LogP) is 2.26. The van der Waals surface area contributed by atoms with Gasteiger partial charge in [-0.1, -0.05) is 6.92 Å². The summed E-state index contributed by atoms with van der Waals surface area (Å²) in [5.41, 5.74) is -0.0370. The largest absolute Gasteiger partial charge is 0.383 e. The molecule has 1 unspecified atom stereocenters. The van der Waals surface area contributed by atoms with E-state index in [9.17, 15) is 10.1 Å². The van der Waals surface area contributed by atoms with Crippen molar-refractivity contribution in [3.05, 3.63) is 22.2 Å². The zero-order chi connectivity index (χ0) is 14.3. The van der Waals surface area contributed by atoms with Crippen molar-refractivity contribution in [3.8, 4) is 0 Å². The molecule has 1 rings (SSSR count). The standard InChI is InChI=1S/C12H20N4O3/c1-4-7-13-11-6-5-10(16(17)18)12(15-11)14-9(2)8-19-3/h5-6,9H,4,7-8H2,1-3H3,(H2,13,14,15). The molecule has 0 fully saturated rings. The van der Waals surface area contributed by atoms with Gasteiger partial charge in [0.15, 0.2) is 0 Å². The molecular weight excluding hydrogens is 248 g/mol. The summed E-state index contributed by atoms with van der Waals surface area (Å²) in [6.07, 6.45) is 0.960. The van der Waals surface area contributed by atoms with Gasteiger partial charge in [-0.3, -0.25) is 10.1 Å². The molecule has 19 heavy (non-hydrogen) atoms. The molecule has 7 nitrogen and oxygen atoms in total. The topological polar surface area (TPSA) is 89.3 Å². The molecule has 1 aromatic heterocycles. The summed E-state index contributed by atoms with van der Waals surface area (Å²) in [4.78, 5) is 14.7. The number of nitro groups is 1. The number of hydrogen-bond acceptors (Lipinski definition) is 6. The molecule has 106 valence electrons. The first-order valence-electron chi connectivity index (χ1n) is 6.23. The highest BCUT2D eigenvalue weighted by Gasteiger charge is 2.17. The van der Waals surface area contributed by atoms with E-state index in [0.29, 0.717) is 12.4 Å². The number of pyridine rings is 1. The summed E-state index contributed by atoms with van der Waals surface area (Å²) in [6, 6.07) is 3.00. The first-order chi connectivity index (χ1) is 9.08. The van der Waals surface area contributed by atoms with Crippen LogP contribution in [0.4, 0.5) is 17.3 Å². The minimum Gasteiger partial charge on any atom is -0.383 e. The fourth-order valence-electron chi connectivity index (χ4n) is 1.58. The van der Waals surface area contributed by atoms with E-state index < -0.39 is 4.92 Å². The van der Waals surface area contributed by atoms with Crippen molar-refractivity contribution in [3.63, 3.8) is 0 Å². The van der Waals surface area contributed by atoms with Gasteiger partial charge in [0.05, 0.1) is 11.5 Å². The maximum Gasteiger partial charge on any atom is 0.311 e. The lowest BCUT2D eigenvalue weighted by molar-refractivity contribution is -0.384. The lowest BCUT2D eigenvalue weighted by Crippen LogP contribution is -2.22. The number of methoxy groups -OCH3 is 1. The van der Waals surface area contributed by atoms with E-state index in [-0.39, 0.29) is 17.5 Å². The Morgan fingerprint density at radius 1 is 1.53 bits per heavy atom. The van der Waals surface area contributed by atoms with Crippen molar-refractivity contribution in [1.29, 1.82) is 0 Å². The third-order valence-corrected chi connectivity index (χ3v) is 2.43. The molecule has 0 aromatic carbocycles. The first kappa shape index (κ1) is 15.2. The molecule has 0 amide bonds. The number of nitrogens with one attached hydrogen (secondary N) is 2. The number of rotatable bonds is 8. The summed E-state index contributed by atoms with van der Waals surface area (Å²) in [5, 5.41) is 17.1. The molecule has 0 radical (unpaired) electrons. The Morgan fingerprint density at radius 3 is 2.84 bits per heavy atom. The molecule has 7 heteroatoms. The number of hydrogen-bond donors (Lipinski definition) is 2. The summed E-state index contributed by atoms with van der Waals surface area (Å²) in [7, 11) is 1.58. The SMILES string of the molecule is CCCNc1ccc([N+](=O)[O-])c(NC(C)COC)n1. The van der Waals surface area contributed by atoms with Gasteiger partial charge in [0.25, 0.3) is 0 Å². The average Bonchev–Trinajstić information content (AvgIpc) is 2.36. The highest BCUT2D eigenvalue weighted by Crippen LogP contribution is 2.24. The second kappa shape index (κ2) is 7.52. The number of ether oxygens (including phenoxy) is 1. The zero-order valence-electron chi connectivity index (χ0n) is 11.5. The van der Waals surface area contributed by atoms with E-state index in [1.165, 1.54) is 6.07 Å². The maximum absolute atomic E-state index is 11.0. The summed E-state index contributed by atoms with van der Waals surface area (Å²) in [6.45, 7) is 5.14. The molecule has 0 aliphatic heterocycles. The van der Waals surface area contributed by atoms with E-state index in [2.05, 4.69) is 15.6 Å². The molecule has 0 saturated carbocycles. The Balaban J connectivity index is 2.91. The lowest BCUT2D eigenvalue weighted by Gasteiger charge is -2.14. The van der Waals surface area contributed by atoms with Gasteiger partial charge in [-0.15, -0.1) is 0 Å². The smallest absolute Gasteiger partial charge is 0.311 e. The Labute approximate surface area is 112 Å². The van der Waals surface area contributed by atoms with Crippen LogP contribution in [-0.2, 0) is 4.74 Å². The van der Waals surface area contributed by atoms with Crippen LogP contribution in [0.25, 0.3) is 0 Å². The monoisotopic (exact) mass is 268 g/mol. The van der Waals surface area contributed by atoms with Crippen molar-refractivity contribution in [2.24, 2.45) is 0 Å². The quantitative estimate of drug-likeness (QED) is 0.555. The predicted molar refractivity (Wildman–Crippen MR) is 74.6 cm³/mol. The molecule has 1 aromatic rings. The summed E-state index contributed by atoms with van der Waals surface area (Å²) >= 11 is 0. The van der Waals surface area contributed by atoms with Gasteiger partial charge < -0.3 is 15.4 Å². The number of nitrogens with zero attached hydrogens (tertiary/aromatic N) is 2. The van der Waals surface area contributed by atoms with Gasteiger partial charge in [-0.05, 0) is 19.4 Å². The second-order valence-corrected chi connectivity index (χ2v) is 4.25. The van der Waals surface area contributed by atoms with E-state index in [1.54, 1.807) is 13.2 Å². The maximum atomic E-state index is 11.0. The van der Waals surface area contributed by atoms with Gasteiger partial charge in [0.2, 0.25) is 5.82 Å². The summed E-state index contributed by atoms with van der Waals surface area (Å²) in [5.74, 6) is 0.884. The van der Waals surface area contributed by atoms with Crippen molar-refractivity contribution in [2.75, 3.05) is 30.9 Å². The van der Waals surface area contributed by atoms with Crippen LogP contribution < -0.4 is 10.6 Å². The molecule has 1 heterocycles. The molecule has 0 aliphatic carbocycles. The Bertz CT molecular complexity index is 425. The van der Waals surface area contributed by atoms with Crippen molar-refractivity contribution < 1.29 is 9.66 Å².